The Labute approximate surface area is 102 Å². The lowest BCUT2D eigenvalue weighted by Gasteiger charge is -2.14. The SMILES string of the molecule is Cc1ccc(S(=O)(=O)C2CCC(C)(F)C2)cc1. The molecule has 0 aromatic heterocycles. The quantitative estimate of drug-likeness (QED) is 0.815. The van der Waals surface area contributed by atoms with Crippen LogP contribution in [-0.2, 0) is 9.84 Å². The van der Waals surface area contributed by atoms with E-state index in [-0.39, 0.29) is 6.42 Å². The highest BCUT2D eigenvalue weighted by Gasteiger charge is 2.42. The second-order valence-corrected chi connectivity index (χ2v) is 7.36. The maximum absolute atomic E-state index is 13.7. The Morgan fingerprint density at radius 2 is 1.88 bits per heavy atom. The first-order chi connectivity index (χ1) is 7.81. The Morgan fingerprint density at radius 3 is 2.35 bits per heavy atom. The maximum atomic E-state index is 13.7. The Bertz CT molecular complexity index is 503. The summed E-state index contributed by atoms with van der Waals surface area (Å²) in [5.41, 5.74) is -0.312. The van der Waals surface area contributed by atoms with Crippen LogP contribution in [0.2, 0.25) is 0 Å². The van der Waals surface area contributed by atoms with Gasteiger partial charge >= 0.3 is 0 Å². The zero-order chi connectivity index (χ0) is 12.7. The van der Waals surface area contributed by atoms with Crippen LogP contribution in [0.25, 0.3) is 0 Å². The largest absolute Gasteiger partial charge is 0.244 e. The molecule has 1 aromatic rings. The summed E-state index contributed by atoms with van der Waals surface area (Å²) < 4.78 is 38.2. The first-order valence-corrected chi connectivity index (χ1v) is 7.35. The smallest absolute Gasteiger partial charge is 0.181 e. The Kier molecular flexibility index (Phi) is 3.02. The van der Waals surface area contributed by atoms with Crippen LogP contribution in [0.1, 0.15) is 31.7 Å². The van der Waals surface area contributed by atoms with Gasteiger partial charge in [-0.1, -0.05) is 17.7 Å². The van der Waals surface area contributed by atoms with Gasteiger partial charge in [-0.3, -0.25) is 0 Å². The predicted octanol–water partition coefficient (Wildman–Crippen LogP) is 3.05. The predicted molar refractivity (Wildman–Crippen MR) is 65.5 cm³/mol. The molecule has 94 valence electrons. The van der Waals surface area contributed by atoms with Crippen LogP contribution in [0.3, 0.4) is 0 Å². The third-order valence-corrected chi connectivity index (χ3v) is 5.64. The monoisotopic (exact) mass is 256 g/mol. The minimum Gasteiger partial charge on any atom is -0.244 e. The number of halogens is 1. The molecule has 0 amide bonds. The van der Waals surface area contributed by atoms with E-state index in [1.165, 1.54) is 6.92 Å². The van der Waals surface area contributed by atoms with Crippen LogP contribution in [0.5, 0.6) is 0 Å². The van der Waals surface area contributed by atoms with Gasteiger partial charge < -0.3 is 0 Å². The third kappa shape index (κ3) is 2.51. The number of hydrogen-bond donors (Lipinski definition) is 0. The molecule has 0 N–H and O–H groups in total. The number of aryl methyl sites for hydroxylation is 1. The summed E-state index contributed by atoms with van der Waals surface area (Å²) in [6, 6.07) is 6.77. The first kappa shape index (κ1) is 12.6. The van der Waals surface area contributed by atoms with E-state index in [4.69, 9.17) is 0 Å². The van der Waals surface area contributed by atoms with Crippen molar-refractivity contribution in [2.45, 2.75) is 48.9 Å². The lowest BCUT2D eigenvalue weighted by molar-refractivity contribution is 0.200. The lowest BCUT2D eigenvalue weighted by atomic mass is 10.1. The van der Waals surface area contributed by atoms with Gasteiger partial charge in [-0.2, -0.15) is 0 Å². The van der Waals surface area contributed by atoms with Gasteiger partial charge in [0.25, 0.3) is 0 Å². The number of benzene rings is 1. The van der Waals surface area contributed by atoms with Gasteiger partial charge in [-0.25, -0.2) is 12.8 Å². The molecule has 0 spiro atoms. The maximum Gasteiger partial charge on any atom is 0.181 e. The summed E-state index contributed by atoms with van der Waals surface area (Å²) in [4.78, 5) is 0.311. The molecule has 0 radical (unpaired) electrons. The van der Waals surface area contributed by atoms with Crippen molar-refractivity contribution in [1.82, 2.24) is 0 Å². The van der Waals surface area contributed by atoms with Crippen molar-refractivity contribution >= 4 is 9.84 Å². The fraction of sp³-hybridized carbons (Fsp3) is 0.538. The highest BCUT2D eigenvalue weighted by Crippen LogP contribution is 2.38. The zero-order valence-corrected chi connectivity index (χ0v) is 10.9. The Morgan fingerprint density at radius 1 is 1.29 bits per heavy atom. The van der Waals surface area contributed by atoms with Crippen molar-refractivity contribution in [3.63, 3.8) is 0 Å². The van der Waals surface area contributed by atoms with Gasteiger partial charge in [0.15, 0.2) is 9.84 Å². The van der Waals surface area contributed by atoms with Crippen molar-refractivity contribution < 1.29 is 12.8 Å². The summed E-state index contributed by atoms with van der Waals surface area (Å²) in [5, 5.41) is -0.569. The van der Waals surface area contributed by atoms with Crippen LogP contribution in [-0.4, -0.2) is 19.3 Å². The second kappa shape index (κ2) is 4.09. The molecule has 0 saturated heterocycles. The second-order valence-electron chi connectivity index (χ2n) is 5.14. The van der Waals surface area contributed by atoms with E-state index in [1.807, 2.05) is 6.92 Å². The van der Waals surface area contributed by atoms with Gasteiger partial charge in [0.2, 0.25) is 0 Å². The van der Waals surface area contributed by atoms with E-state index in [0.717, 1.165) is 5.56 Å². The van der Waals surface area contributed by atoms with E-state index in [0.29, 0.717) is 17.7 Å². The standard InChI is InChI=1S/C13H17FO2S/c1-10-3-5-11(6-4-10)17(15,16)12-7-8-13(2,14)9-12/h3-6,12H,7-9H2,1-2H3. The van der Waals surface area contributed by atoms with Gasteiger partial charge in [0.1, 0.15) is 5.67 Å². The van der Waals surface area contributed by atoms with E-state index >= 15 is 0 Å². The molecule has 17 heavy (non-hydrogen) atoms. The van der Waals surface area contributed by atoms with Crippen molar-refractivity contribution in [1.29, 1.82) is 0 Å². The van der Waals surface area contributed by atoms with Crippen molar-refractivity contribution in [2.75, 3.05) is 0 Å². The van der Waals surface area contributed by atoms with E-state index in [2.05, 4.69) is 0 Å². The normalized spacial score (nSPS) is 29.5. The molecule has 0 heterocycles. The molecule has 1 aliphatic carbocycles. The summed E-state index contributed by atoms with van der Waals surface area (Å²) in [6.07, 6.45) is 0.870. The van der Waals surface area contributed by atoms with Crippen LogP contribution >= 0.6 is 0 Å². The minimum atomic E-state index is -3.37. The summed E-state index contributed by atoms with van der Waals surface area (Å²) in [7, 11) is -3.37. The van der Waals surface area contributed by atoms with E-state index < -0.39 is 20.8 Å². The molecule has 2 atom stereocenters. The molecule has 2 rings (SSSR count). The van der Waals surface area contributed by atoms with Crippen LogP contribution in [0, 0.1) is 6.92 Å². The van der Waals surface area contributed by atoms with Crippen molar-refractivity contribution in [3.05, 3.63) is 29.8 Å². The third-order valence-electron chi connectivity index (χ3n) is 3.43. The summed E-state index contributed by atoms with van der Waals surface area (Å²) in [6.45, 7) is 3.39. The van der Waals surface area contributed by atoms with Gasteiger partial charge in [0, 0.05) is 0 Å². The van der Waals surface area contributed by atoms with Crippen molar-refractivity contribution in [3.8, 4) is 0 Å². The van der Waals surface area contributed by atoms with E-state index in [9.17, 15) is 12.8 Å². The lowest BCUT2D eigenvalue weighted by Crippen LogP contribution is -2.21. The average molecular weight is 256 g/mol. The molecule has 2 unspecified atom stereocenters. The first-order valence-electron chi connectivity index (χ1n) is 5.81. The molecule has 0 bridgehead atoms. The van der Waals surface area contributed by atoms with Crippen LogP contribution in [0.15, 0.2) is 29.2 Å². The highest BCUT2D eigenvalue weighted by atomic mass is 32.2. The molecule has 1 aromatic carbocycles. The number of sulfone groups is 1. The van der Waals surface area contributed by atoms with Crippen LogP contribution in [0.4, 0.5) is 4.39 Å². The summed E-state index contributed by atoms with van der Waals surface area (Å²) >= 11 is 0. The molecule has 2 nitrogen and oxygen atoms in total. The average Bonchev–Trinajstić information content (AvgIpc) is 2.60. The number of hydrogen-bond acceptors (Lipinski definition) is 2. The highest BCUT2D eigenvalue weighted by molar-refractivity contribution is 7.92. The molecule has 4 heteroatoms. The number of rotatable bonds is 2. The molecule has 1 fully saturated rings. The van der Waals surface area contributed by atoms with Crippen LogP contribution < -0.4 is 0 Å². The Balaban J connectivity index is 2.29. The molecular weight excluding hydrogens is 239 g/mol. The van der Waals surface area contributed by atoms with Gasteiger partial charge in [-0.15, -0.1) is 0 Å². The summed E-state index contributed by atoms with van der Waals surface area (Å²) in [5.74, 6) is 0. The topological polar surface area (TPSA) is 34.1 Å². The van der Waals surface area contributed by atoms with Gasteiger partial charge in [0.05, 0.1) is 10.1 Å². The number of alkyl halides is 1. The van der Waals surface area contributed by atoms with Crippen molar-refractivity contribution in [2.24, 2.45) is 0 Å². The Hall–Kier alpha value is -0.900. The van der Waals surface area contributed by atoms with Gasteiger partial charge in [-0.05, 0) is 45.2 Å². The fourth-order valence-electron chi connectivity index (χ4n) is 2.33. The zero-order valence-electron chi connectivity index (χ0n) is 10.1. The van der Waals surface area contributed by atoms with E-state index in [1.54, 1.807) is 24.3 Å². The molecule has 0 aliphatic heterocycles. The molecule has 1 aliphatic rings. The fourth-order valence-corrected chi connectivity index (χ4v) is 4.22. The molecule has 1 saturated carbocycles. The minimum absolute atomic E-state index is 0.114. The molecular formula is C13H17FO2S.